The number of likely N-dealkylation sites (tertiary alicyclic amines) is 1. The number of rotatable bonds is 7. The minimum Gasteiger partial charge on any atom is -0.457 e. The van der Waals surface area contributed by atoms with Crippen LogP contribution in [0.15, 0.2) is 78.0 Å². The van der Waals surface area contributed by atoms with Crippen molar-refractivity contribution in [2.75, 3.05) is 24.5 Å². The molecule has 210 valence electrons. The van der Waals surface area contributed by atoms with Gasteiger partial charge in [-0.1, -0.05) is 36.0 Å². The number of urea groups is 1. The summed E-state index contributed by atoms with van der Waals surface area (Å²) in [5.41, 5.74) is 8.56. The number of aromatic nitrogens is 1. The SMILES string of the molecule is Cc1cc(Oc2ccccc2)ccc1N1C(=O)NC2c3c1ccnc3S[C@H]2C(=O)NC1CCN(C(=O)/C=C/CN)C1. The standard InChI is InChI=1S/C30H30N6O4S/c1-18-16-21(40-20-6-3-2-4-7-20)9-10-22(18)36-23-11-14-32-29-25(23)26(34-30(36)39)27(41-29)28(38)33-19-12-15-35(17-19)24(37)8-5-13-31/h2-11,14,16,19,26-27H,12-13,15,17,31H2,1H3,(H,33,38)(H,34,39)/b8-5+/t19?,26?,27-/m1/s1. The number of ether oxygens (including phenoxy) is 1. The van der Waals surface area contributed by atoms with Crippen molar-refractivity contribution >= 4 is 41.0 Å². The van der Waals surface area contributed by atoms with Gasteiger partial charge in [-0.2, -0.15) is 0 Å². The Bertz CT molecular complexity index is 1530. The summed E-state index contributed by atoms with van der Waals surface area (Å²) in [4.78, 5) is 47.2. The van der Waals surface area contributed by atoms with Crippen molar-refractivity contribution < 1.29 is 19.1 Å². The third-order valence-electron chi connectivity index (χ3n) is 7.40. The fraction of sp³-hybridized carbons (Fsp3) is 0.267. The number of nitrogens with two attached hydrogens (primary N) is 1. The van der Waals surface area contributed by atoms with Crippen molar-refractivity contribution in [3.8, 4) is 11.5 Å². The molecule has 4 amide bonds. The molecule has 3 aliphatic rings. The van der Waals surface area contributed by atoms with E-state index in [1.165, 1.54) is 17.8 Å². The molecule has 4 heterocycles. The zero-order chi connectivity index (χ0) is 28.5. The predicted octanol–water partition coefficient (Wildman–Crippen LogP) is 3.79. The molecular formula is C30H30N6O4S. The Morgan fingerprint density at radius 2 is 2.00 bits per heavy atom. The molecule has 2 aromatic carbocycles. The molecule has 3 atom stereocenters. The molecular weight excluding hydrogens is 540 g/mol. The number of para-hydroxylation sites is 1. The minimum atomic E-state index is -0.575. The Labute approximate surface area is 241 Å². The monoisotopic (exact) mass is 570 g/mol. The first-order valence-electron chi connectivity index (χ1n) is 13.5. The molecule has 0 aliphatic carbocycles. The normalized spacial score (nSPS) is 21.1. The van der Waals surface area contributed by atoms with Crippen LogP contribution in [-0.2, 0) is 9.59 Å². The Balaban J connectivity index is 1.19. The smallest absolute Gasteiger partial charge is 0.327 e. The van der Waals surface area contributed by atoms with Crippen LogP contribution < -0.4 is 26.0 Å². The van der Waals surface area contributed by atoms with Crippen LogP contribution in [0.3, 0.4) is 0 Å². The van der Waals surface area contributed by atoms with E-state index in [0.29, 0.717) is 43.2 Å². The Kier molecular flexibility index (Phi) is 7.38. The molecule has 11 heteroatoms. The molecule has 6 rings (SSSR count). The van der Waals surface area contributed by atoms with Crippen LogP contribution in [-0.4, -0.2) is 58.7 Å². The van der Waals surface area contributed by atoms with Gasteiger partial charge in [0.15, 0.2) is 0 Å². The van der Waals surface area contributed by atoms with Gasteiger partial charge in [0.1, 0.15) is 21.8 Å². The van der Waals surface area contributed by atoms with Crippen molar-refractivity contribution in [3.63, 3.8) is 0 Å². The van der Waals surface area contributed by atoms with E-state index in [1.807, 2.05) is 61.5 Å². The molecule has 4 N–H and O–H groups in total. The number of thioether (sulfide) groups is 1. The highest BCUT2D eigenvalue weighted by Crippen LogP contribution is 2.51. The number of pyridine rings is 1. The van der Waals surface area contributed by atoms with Gasteiger partial charge in [-0.05, 0) is 55.3 Å². The van der Waals surface area contributed by atoms with Crippen LogP contribution in [0, 0.1) is 6.92 Å². The van der Waals surface area contributed by atoms with E-state index in [0.717, 1.165) is 21.9 Å². The quantitative estimate of drug-likeness (QED) is 0.369. The molecule has 41 heavy (non-hydrogen) atoms. The van der Waals surface area contributed by atoms with Gasteiger partial charge in [0.05, 0.1) is 17.4 Å². The van der Waals surface area contributed by atoms with Gasteiger partial charge < -0.3 is 26.0 Å². The lowest BCUT2D eigenvalue weighted by molar-refractivity contribution is -0.126. The fourth-order valence-electron chi connectivity index (χ4n) is 5.47. The average Bonchev–Trinajstić information content (AvgIpc) is 3.59. The molecule has 2 unspecified atom stereocenters. The van der Waals surface area contributed by atoms with Crippen LogP contribution >= 0.6 is 11.8 Å². The Morgan fingerprint density at radius 1 is 1.17 bits per heavy atom. The van der Waals surface area contributed by atoms with E-state index >= 15 is 0 Å². The second-order valence-corrected chi connectivity index (χ2v) is 11.3. The number of carbonyl (C=O) groups excluding carboxylic acids is 3. The number of carbonyl (C=O) groups is 3. The summed E-state index contributed by atoms with van der Waals surface area (Å²) >= 11 is 1.35. The summed E-state index contributed by atoms with van der Waals surface area (Å²) in [5, 5.41) is 6.29. The van der Waals surface area contributed by atoms with Gasteiger partial charge in [-0.15, -0.1) is 0 Å². The number of hydrogen-bond acceptors (Lipinski definition) is 7. The maximum absolute atomic E-state index is 13.6. The van der Waals surface area contributed by atoms with E-state index in [4.69, 9.17) is 10.5 Å². The third-order valence-corrected chi connectivity index (χ3v) is 8.68. The lowest BCUT2D eigenvalue weighted by atomic mass is 9.99. The number of nitrogens with zero attached hydrogens (tertiary/aromatic N) is 3. The highest BCUT2D eigenvalue weighted by Gasteiger charge is 2.47. The highest BCUT2D eigenvalue weighted by molar-refractivity contribution is 8.01. The van der Waals surface area contributed by atoms with Gasteiger partial charge in [0.25, 0.3) is 0 Å². The second kappa shape index (κ2) is 11.3. The first kappa shape index (κ1) is 26.9. The van der Waals surface area contributed by atoms with Crippen molar-refractivity contribution in [2.24, 2.45) is 5.73 Å². The van der Waals surface area contributed by atoms with Gasteiger partial charge in [-0.3, -0.25) is 14.5 Å². The van der Waals surface area contributed by atoms with Crippen molar-refractivity contribution in [3.05, 3.63) is 84.1 Å². The molecule has 0 radical (unpaired) electrons. The molecule has 0 saturated carbocycles. The Hall–Kier alpha value is -4.35. The van der Waals surface area contributed by atoms with E-state index in [9.17, 15) is 14.4 Å². The number of nitrogens with one attached hydrogen (secondary N) is 2. The highest BCUT2D eigenvalue weighted by atomic mass is 32.2. The van der Waals surface area contributed by atoms with Crippen molar-refractivity contribution in [2.45, 2.75) is 35.7 Å². The molecule has 3 aromatic rings. The maximum Gasteiger partial charge on any atom is 0.327 e. The number of anilines is 2. The molecule has 0 bridgehead atoms. The molecule has 10 nitrogen and oxygen atoms in total. The number of amides is 4. The lowest BCUT2D eigenvalue weighted by Gasteiger charge is -2.35. The molecule has 3 aliphatic heterocycles. The summed E-state index contributed by atoms with van der Waals surface area (Å²) in [5.74, 6) is 1.10. The summed E-state index contributed by atoms with van der Waals surface area (Å²) in [7, 11) is 0. The summed E-state index contributed by atoms with van der Waals surface area (Å²) < 4.78 is 5.97. The first-order chi connectivity index (χ1) is 19.9. The van der Waals surface area contributed by atoms with Gasteiger partial charge >= 0.3 is 6.03 Å². The van der Waals surface area contributed by atoms with Gasteiger partial charge in [0.2, 0.25) is 11.8 Å². The molecule has 1 saturated heterocycles. The Morgan fingerprint density at radius 3 is 2.78 bits per heavy atom. The van der Waals surface area contributed by atoms with Gasteiger partial charge in [0, 0.05) is 43.5 Å². The van der Waals surface area contributed by atoms with Crippen LogP contribution in [0.2, 0.25) is 0 Å². The van der Waals surface area contributed by atoms with Crippen LogP contribution in [0.25, 0.3) is 0 Å². The number of benzene rings is 2. The molecule has 0 spiro atoms. The largest absolute Gasteiger partial charge is 0.457 e. The van der Waals surface area contributed by atoms with Gasteiger partial charge in [-0.25, -0.2) is 9.78 Å². The third kappa shape index (κ3) is 5.25. The average molecular weight is 571 g/mol. The predicted molar refractivity (Wildman–Crippen MR) is 156 cm³/mol. The van der Waals surface area contributed by atoms with Crippen LogP contribution in [0.1, 0.15) is 23.6 Å². The second-order valence-electron chi connectivity index (χ2n) is 10.1. The fourth-order valence-corrected chi connectivity index (χ4v) is 6.70. The summed E-state index contributed by atoms with van der Waals surface area (Å²) in [6, 6.07) is 15.9. The number of aryl methyl sites for hydroxylation is 1. The summed E-state index contributed by atoms with van der Waals surface area (Å²) in [6.07, 6.45) is 5.42. The van der Waals surface area contributed by atoms with E-state index < -0.39 is 11.3 Å². The lowest BCUT2D eigenvalue weighted by Crippen LogP contribution is -2.50. The van der Waals surface area contributed by atoms with Crippen molar-refractivity contribution in [1.29, 1.82) is 0 Å². The number of hydrogen-bond donors (Lipinski definition) is 3. The van der Waals surface area contributed by atoms with Crippen LogP contribution in [0.4, 0.5) is 16.2 Å². The first-order valence-corrected chi connectivity index (χ1v) is 14.4. The van der Waals surface area contributed by atoms with Crippen LogP contribution in [0.5, 0.6) is 11.5 Å². The zero-order valence-electron chi connectivity index (χ0n) is 22.4. The van der Waals surface area contributed by atoms with E-state index in [-0.39, 0.29) is 23.9 Å². The van der Waals surface area contributed by atoms with E-state index in [1.54, 1.807) is 22.1 Å². The maximum atomic E-state index is 13.6. The molecule has 1 aromatic heterocycles. The minimum absolute atomic E-state index is 0.113. The summed E-state index contributed by atoms with van der Waals surface area (Å²) in [6.45, 7) is 3.22. The topological polar surface area (TPSA) is 130 Å². The van der Waals surface area contributed by atoms with Crippen molar-refractivity contribution in [1.82, 2.24) is 20.5 Å². The zero-order valence-corrected chi connectivity index (χ0v) is 23.3. The molecule has 1 fully saturated rings. The van der Waals surface area contributed by atoms with E-state index in [2.05, 4.69) is 15.6 Å².